The summed E-state index contributed by atoms with van der Waals surface area (Å²) in [4.78, 5) is 21.9. The summed E-state index contributed by atoms with van der Waals surface area (Å²) in [5, 5.41) is 0. The number of thioether (sulfide) groups is 1. The Balaban J connectivity index is 3.69. The average molecular weight is 232 g/mol. The number of esters is 2. The fourth-order valence-electron chi connectivity index (χ4n) is 0.773. The molecule has 0 aromatic carbocycles. The standard InChI is InChI=1S/C10H16O4S/c1-4-14-9(11)7-15-6-5-8(2)10(12)13-3/h5H,4,6-7H2,1-3H3. The van der Waals surface area contributed by atoms with Crippen molar-refractivity contribution in [2.45, 2.75) is 13.8 Å². The van der Waals surface area contributed by atoms with Crippen molar-refractivity contribution < 1.29 is 19.1 Å². The van der Waals surface area contributed by atoms with Crippen molar-refractivity contribution in [2.75, 3.05) is 25.2 Å². The van der Waals surface area contributed by atoms with Crippen LogP contribution in [0, 0.1) is 0 Å². The predicted molar refractivity (Wildman–Crippen MR) is 59.7 cm³/mol. The van der Waals surface area contributed by atoms with Crippen molar-refractivity contribution in [1.82, 2.24) is 0 Å². The van der Waals surface area contributed by atoms with Crippen LogP contribution in [0.4, 0.5) is 0 Å². The third-order valence-electron chi connectivity index (χ3n) is 1.54. The van der Waals surface area contributed by atoms with Crippen LogP contribution in [-0.4, -0.2) is 37.2 Å². The van der Waals surface area contributed by atoms with Gasteiger partial charge in [-0.15, -0.1) is 11.8 Å². The highest BCUT2D eigenvalue weighted by atomic mass is 32.2. The van der Waals surface area contributed by atoms with Gasteiger partial charge in [0.15, 0.2) is 0 Å². The lowest BCUT2D eigenvalue weighted by Crippen LogP contribution is -2.07. The van der Waals surface area contributed by atoms with Crippen LogP contribution in [0.25, 0.3) is 0 Å². The Morgan fingerprint density at radius 1 is 1.40 bits per heavy atom. The Labute approximate surface area is 94.0 Å². The highest BCUT2D eigenvalue weighted by Gasteiger charge is 2.03. The van der Waals surface area contributed by atoms with Gasteiger partial charge in [0.25, 0.3) is 0 Å². The Kier molecular flexibility index (Phi) is 7.81. The third kappa shape index (κ3) is 7.02. The summed E-state index contributed by atoms with van der Waals surface area (Å²) in [6.45, 7) is 3.84. The van der Waals surface area contributed by atoms with Gasteiger partial charge in [0.1, 0.15) is 0 Å². The molecule has 86 valence electrons. The number of carbonyl (C=O) groups is 2. The van der Waals surface area contributed by atoms with E-state index in [0.29, 0.717) is 23.7 Å². The molecule has 0 radical (unpaired) electrons. The van der Waals surface area contributed by atoms with Crippen molar-refractivity contribution in [2.24, 2.45) is 0 Å². The van der Waals surface area contributed by atoms with E-state index in [9.17, 15) is 9.59 Å². The van der Waals surface area contributed by atoms with E-state index in [2.05, 4.69) is 4.74 Å². The summed E-state index contributed by atoms with van der Waals surface area (Å²) < 4.78 is 9.27. The smallest absolute Gasteiger partial charge is 0.333 e. The molecule has 0 bridgehead atoms. The lowest BCUT2D eigenvalue weighted by atomic mass is 10.3. The second-order valence-electron chi connectivity index (χ2n) is 2.70. The number of carbonyl (C=O) groups excluding carboxylic acids is 2. The largest absolute Gasteiger partial charge is 0.466 e. The molecule has 0 aromatic rings. The molecule has 0 spiro atoms. The van der Waals surface area contributed by atoms with E-state index < -0.39 is 0 Å². The Bertz CT molecular complexity index is 248. The second kappa shape index (κ2) is 8.35. The molecule has 0 heterocycles. The number of methoxy groups -OCH3 is 1. The molecule has 0 aliphatic heterocycles. The molecule has 0 N–H and O–H groups in total. The average Bonchev–Trinajstić information content (AvgIpc) is 2.23. The molecule has 0 rings (SSSR count). The Morgan fingerprint density at radius 2 is 2.07 bits per heavy atom. The minimum absolute atomic E-state index is 0.230. The summed E-state index contributed by atoms with van der Waals surface area (Å²) in [6.07, 6.45) is 1.73. The molecule has 0 aliphatic carbocycles. The maximum Gasteiger partial charge on any atom is 0.333 e. The monoisotopic (exact) mass is 232 g/mol. The SMILES string of the molecule is CCOC(=O)CSCC=C(C)C(=O)OC. The van der Waals surface area contributed by atoms with Crippen molar-refractivity contribution in [3.05, 3.63) is 11.6 Å². The second-order valence-corrected chi connectivity index (χ2v) is 3.73. The summed E-state index contributed by atoms with van der Waals surface area (Å²) in [7, 11) is 1.34. The van der Waals surface area contributed by atoms with Gasteiger partial charge in [-0.2, -0.15) is 0 Å². The van der Waals surface area contributed by atoms with Crippen LogP contribution in [0.3, 0.4) is 0 Å². The minimum Gasteiger partial charge on any atom is -0.466 e. The summed E-state index contributed by atoms with van der Waals surface area (Å²) in [5.74, 6) is 0.330. The molecule has 0 atom stereocenters. The van der Waals surface area contributed by atoms with Crippen LogP contribution in [0.2, 0.25) is 0 Å². The zero-order valence-electron chi connectivity index (χ0n) is 9.24. The van der Waals surface area contributed by atoms with Gasteiger partial charge in [-0.05, 0) is 13.8 Å². The first-order chi connectivity index (χ1) is 7.11. The van der Waals surface area contributed by atoms with Gasteiger partial charge in [0.05, 0.1) is 19.5 Å². The number of rotatable bonds is 6. The zero-order valence-corrected chi connectivity index (χ0v) is 10.1. The first-order valence-corrected chi connectivity index (χ1v) is 5.75. The molecule has 0 amide bonds. The molecular formula is C10H16O4S. The van der Waals surface area contributed by atoms with Crippen molar-refractivity contribution in [1.29, 1.82) is 0 Å². The quantitative estimate of drug-likeness (QED) is 0.393. The van der Waals surface area contributed by atoms with Gasteiger partial charge < -0.3 is 9.47 Å². The molecule has 0 aliphatic rings. The highest BCUT2D eigenvalue weighted by Crippen LogP contribution is 2.04. The van der Waals surface area contributed by atoms with Gasteiger partial charge >= 0.3 is 11.9 Å². The number of hydrogen-bond donors (Lipinski definition) is 0. The van der Waals surface area contributed by atoms with Gasteiger partial charge in [-0.1, -0.05) is 6.08 Å². The van der Waals surface area contributed by atoms with Crippen LogP contribution in [0.15, 0.2) is 11.6 Å². The summed E-state index contributed by atoms with van der Waals surface area (Å²) in [5.41, 5.74) is 0.550. The van der Waals surface area contributed by atoms with Crippen LogP contribution in [0.5, 0.6) is 0 Å². The lowest BCUT2D eigenvalue weighted by molar-refractivity contribution is -0.140. The molecule has 4 nitrogen and oxygen atoms in total. The summed E-state index contributed by atoms with van der Waals surface area (Å²) in [6, 6.07) is 0. The fourth-order valence-corrected chi connectivity index (χ4v) is 1.51. The molecule has 0 fully saturated rings. The third-order valence-corrected chi connectivity index (χ3v) is 2.38. The normalized spacial score (nSPS) is 11.0. The minimum atomic E-state index is -0.341. The van der Waals surface area contributed by atoms with Gasteiger partial charge in [-0.3, -0.25) is 4.79 Å². The van der Waals surface area contributed by atoms with E-state index in [1.165, 1.54) is 18.9 Å². The van der Waals surface area contributed by atoms with Crippen LogP contribution >= 0.6 is 11.8 Å². The molecule has 5 heteroatoms. The van der Waals surface area contributed by atoms with Gasteiger partial charge in [-0.25, -0.2) is 4.79 Å². The topological polar surface area (TPSA) is 52.6 Å². The molecule has 0 aromatic heterocycles. The molecule has 0 unspecified atom stereocenters. The van der Waals surface area contributed by atoms with Crippen LogP contribution in [-0.2, 0) is 19.1 Å². The van der Waals surface area contributed by atoms with Gasteiger partial charge in [0.2, 0.25) is 0 Å². The summed E-state index contributed by atoms with van der Waals surface area (Å²) >= 11 is 1.40. The maximum absolute atomic E-state index is 11.0. The fraction of sp³-hybridized carbons (Fsp3) is 0.600. The van der Waals surface area contributed by atoms with Crippen molar-refractivity contribution >= 4 is 23.7 Å². The number of ether oxygens (including phenoxy) is 2. The molecule has 15 heavy (non-hydrogen) atoms. The molecule has 0 saturated carbocycles. The van der Waals surface area contributed by atoms with E-state index in [1.807, 2.05) is 0 Å². The first kappa shape index (κ1) is 14.0. The Morgan fingerprint density at radius 3 is 2.60 bits per heavy atom. The zero-order chi connectivity index (χ0) is 11.7. The first-order valence-electron chi connectivity index (χ1n) is 4.60. The van der Waals surface area contributed by atoms with Crippen LogP contribution < -0.4 is 0 Å². The lowest BCUT2D eigenvalue weighted by Gasteiger charge is -2.00. The van der Waals surface area contributed by atoms with Crippen LogP contribution in [0.1, 0.15) is 13.8 Å². The van der Waals surface area contributed by atoms with Crippen molar-refractivity contribution in [3.63, 3.8) is 0 Å². The molecular weight excluding hydrogens is 216 g/mol. The maximum atomic E-state index is 11.0. The predicted octanol–water partition coefficient (Wildman–Crippen LogP) is 1.40. The van der Waals surface area contributed by atoms with Gasteiger partial charge in [0, 0.05) is 11.3 Å². The van der Waals surface area contributed by atoms with E-state index in [1.54, 1.807) is 19.9 Å². The highest BCUT2D eigenvalue weighted by molar-refractivity contribution is 8.00. The van der Waals surface area contributed by atoms with E-state index in [-0.39, 0.29) is 11.9 Å². The Hall–Kier alpha value is -0.970. The van der Waals surface area contributed by atoms with Crippen molar-refractivity contribution in [3.8, 4) is 0 Å². The van der Waals surface area contributed by atoms with E-state index in [4.69, 9.17) is 4.74 Å². The van der Waals surface area contributed by atoms with E-state index in [0.717, 1.165) is 0 Å². The molecule has 0 saturated heterocycles. The number of hydrogen-bond acceptors (Lipinski definition) is 5. The van der Waals surface area contributed by atoms with E-state index >= 15 is 0 Å².